The third-order valence-corrected chi connectivity index (χ3v) is 4.63. The first-order valence-corrected chi connectivity index (χ1v) is 7.93. The van der Waals surface area contributed by atoms with Gasteiger partial charge in [-0.25, -0.2) is 0 Å². The summed E-state index contributed by atoms with van der Waals surface area (Å²) >= 11 is 0. The van der Waals surface area contributed by atoms with Gasteiger partial charge >= 0.3 is 0 Å². The number of nitrogens with zero attached hydrogens (tertiary/aromatic N) is 1. The zero-order chi connectivity index (χ0) is 15.7. The zero-order valence-corrected chi connectivity index (χ0v) is 13.3. The predicted octanol–water partition coefficient (Wildman–Crippen LogP) is 1.69. The second-order valence-electron chi connectivity index (χ2n) is 6.61. The molecule has 5 heteroatoms. The van der Waals surface area contributed by atoms with Gasteiger partial charge in [0.1, 0.15) is 13.2 Å². The van der Waals surface area contributed by atoms with Crippen LogP contribution in [0.15, 0.2) is 18.2 Å². The van der Waals surface area contributed by atoms with Gasteiger partial charge in [0.2, 0.25) is 5.91 Å². The highest BCUT2D eigenvalue weighted by molar-refractivity contribution is 5.87. The maximum atomic E-state index is 12.9. The highest BCUT2D eigenvalue weighted by atomic mass is 16.6. The van der Waals surface area contributed by atoms with Crippen LogP contribution in [0.5, 0.6) is 11.5 Å². The standard InChI is InChI=1S/C17H24N2O3/c1-17(2,16(20)19-7-5-13(18)6-8-19)12-3-4-14-15(11-12)22-10-9-21-14/h3-4,11,13H,5-10,18H2,1-2H3. The Morgan fingerprint density at radius 1 is 1.18 bits per heavy atom. The summed E-state index contributed by atoms with van der Waals surface area (Å²) in [6, 6.07) is 6.01. The number of piperidine rings is 1. The van der Waals surface area contributed by atoms with E-state index >= 15 is 0 Å². The molecule has 1 saturated heterocycles. The van der Waals surface area contributed by atoms with E-state index in [0.717, 1.165) is 43.0 Å². The summed E-state index contributed by atoms with van der Waals surface area (Å²) in [4.78, 5) is 14.8. The molecule has 2 aliphatic rings. The van der Waals surface area contributed by atoms with Gasteiger partial charge in [0, 0.05) is 19.1 Å². The summed E-state index contributed by atoms with van der Waals surface area (Å²) in [6.07, 6.45) is 1.76. The molecule has 0 aliphatic carbocycles. The second-order valence-corrected chi connectivity index (χ2v) is 6.61. The minimum absolute atomic E-state index is 0.149. The molecule has 1 fully saturated rings. The number of benzene rings is 1. The van der Waals surface area contributed by atoms with E-state index < -0.39 is 5.41 Å². The van der Waals surface area contributed by atoms with Gasteiger partial charge in [-0.2, -0.15) is 0 Å². The lowest BCUT2D eigenvalue weighted by Crippen LogP contribution is -2.49. The van der Waals surface area contributed by atoms with Gasteiger partial charge in [-0.05, 0) is 44.4 Å². The molecule has 2 aliphatic heterocycles. The molecule has 0 spiro atoms. The Hall–Kier alpha value is -1.75. The van der Waals surface area contributed by atoms with Crippen LogP contribution < -0.4 is 15.2 Å². The molecule has 0 aromatic heterocycles. The number of carbonyl (C=O) groups excluding carboxylic acids is 1. The van der Waals surface area contributed by atoms with Crippen LogP contribution in [0.25, 0.3) is 0 Å². The third kappa shape index (κ3) is 2.77. The van der Waals surface area contributed by atoms with E-state index in [0.29, 0.717) is 13.2 Å². The Bertz CT molecular complexity index is 563. The van der Waals surface area contributed by atoms with Crippen molar-refractivity contribution in [1.29, 1.82) is 0 Å². The van der Waals surface area contributed by atoms with Crippen LogP contribution in [-0.2, 0) is 10.2 Å². The number of rotatable bonds is 2. The molecule has 5 nitrogen and oxygen atoms in total. The van der Waals surface area contributed by atoms with Crippen LogP contribution in [0.3, 0.4) is 0 Å². The van der Waals surface area contributed by atoms with Gasteiger partial charge in [-0.1, -0.05) is 6.07 Å². The number of nitrogens with two attached hydrogens (primary N) is 1. The SMILES string of the molecule is CC(C)(C(=O)N1CCC(N)CC1)c1ccc2c(c1)OCCO2. The first kappa shape index (κ1) is 15.2. The van der Waals surface area contributed by atoms with Gasteiger partial charge in [0.15, 0.2) is 11.5 Å². The Morgan fingerprint density at radius 3 is 2.50 bits per heavy atom. The number of amides is 1. The van der Waals surface area contributed by atoms with E-state index in [4.69, 9.17) is 15.2 Å². The molecular formula is C17H24N2O3. The topological polar surface area (TPSA) is 64.8 Å². The van der Waals surface area contributed by atoms with E-state index in [9.17, 15) is 4.79 Å². The van der Waals surface area contributed by atoms with E-state index in [-0.39, 0.29) is 11.9 Å². The molecule has 1 aromatic rings. The molecular weight excluding hydrogens is 280 g/mol. The van der Waals surface area contributed by atoms with Crippen molar-refractivity contribution in [2.75, 3.05) is 26.3 Å². The van der Waals surface area contributed by atoms with E-state index in [2.05, 4.69) is 0 Å². The molecule has 1 amide bonds. The van der Waals surface area contributed by atoms with Crippen molar-refractivity contribution in [2.45, 2.75) is 38.1 Å². The minimum atomic E-state index is -0.586. The normalized spacial score (nSPS) is 19.1. The quantitative estimate of drug-likeness (QED) is 0.903. The fraction of sp³-hybridized carbons (Fsp3) is 0.588. The van der Waals surface area contributed by atoms with Crippen molar-refractivity contribution in [2.24, 2.45) is 5.73 Å². The lowest BCUT2D eigenvalue weighted by Gasteiger charge is -2.36. The highest BCUT2D eigenvalue weighted by Gasteiger charge is 2.35. The predicted molar refractivity (Wildman–Crippen MR) is 84.2 cm³/mol. The van der Waals surface area contributed by atoms with Crippen LogP contribution >= 0.6 is 0 Å². The molecule has 1 aromatic carbocycles. The van der Waals surface area contributed by atoms with Gasteiger partial charge in [0.05, 0.1) is 5.41 Å². The summed E-state index contributed by atoms with van der Waals surface area (Å²) in [6.45, 7) is 6.55. The van der Waals surface area contributed by atoms with Gasteiger partial charge in [0.25, 0.3) is 0 Å². The van der Waals surface area contributed by atoms with Gasteiger partial charge in [-0.3, -0.25) is 4.79 Å². The molecule has 2 N–H and O–H groups in total. The Balaban J connectivity index is 1.81. The molecule has 0 atom stereocenters. The number of hydrogen-bond donors (Lipinski definition) is 1. The summed E-state index contributed by atoms with van der Waals surface area (Å²) in [7, 11) is 0. The Kier molecular flexibility index (Phi) is 4.00. The van der Waals surface area contributed by atoms with Gasteiger partial charge < -0.3 is 20.1 Å². The van der Waals surface area contributed by atoms with Crippen LogP contribution in [0.4, 0.5) is 0 Å². The molecule has 0 unspecified atom stereocenters. The molecule has 3 rings (SSSR count). The number of hydrogen-bond acceptors (Lipinski definition) is 4. The fourth-order valence-electron chi connectivity index (χ4n) is 3.05. The molecule has 22 heavy (non-hydrogen) atoms. The van der Waals surface area contributed by atoms with E-state index in [1.165, 1.54) is 0 Å². The number of likely N-dealkylation sites (tertiary alicyclic amines) is 1. The first-order valence-electron chi connectivity index (χ1n) is 7.93. The summed E-state index contributed by atoms with van der Waals surface area (Å²) in [5.41, 5.74) is 6.29. The van der Waals surface area contributed by atoms with E-state index in [1.807, 2.05) is 36.9 Å². The number of fused-ring (bicyclic) bond motifs is 1. The maximum Gasteiger partial charge on any atom is 0.232 e. The molecule has 0 bridgehead atoms. The Morgan fingerprint density at radius 2 is 1.82 bits per heavy atom. The monoisotopic (exact) mass is 304 g/mol. The molecule has 0 saturated carbocycles. The fourth-order valence-corrected chi connectivity index (χ4v) is 3.05. The summed E-state index contributed by atoms with van der Waals surface area (Å²) in [5, 5.41) is 0. The van der Waals surface area contributed by atoms with Crippen molar-refractivity contribution in [3.05, 3.63) is 23.8 Å². The molecule has 120 valence electrons. The molecule has 2 heterocycles. The summed E-state index contributed by atoms with van der Waals surface area (Å²) < 4.78 is 11.2. The lowest BCUT2D eigenvalue weighted by molar-refractivity contribution is -0.137. The third-order valence-electron chi connectivity index (χ3n) is 4.63. The van der Waals surface area contributed by atoms with Crippen molar-refractivity contribution in [1.82, 2.24) is 4.90 Å². The average molecular weight is 304 g/mol. The molecule has 0 radical (unpaired) electrons. The summed E-state index contributed by atoms with van der Waals surface area (Å²) in [5.74, 6) is 1.63. The Labute approximate surface area is 131 Å². The van der Waals surface area contributed by atoms with Crippen molar-refractivity contribution < 1.29 is 14.3 Å². The number of carbonyl (C=O) groups is 1. The number of ether oxygens (including phenoxy) is 2. The van der Waals surface area contributed by atoms with Crippen LogP contribution in [0, 0.1) is 0 Å². The van der Waals surface area contributed by atoms with Gasteiger partial charge in [-0.15, -0.1) is 0 Å². The minimum Gasteiger partial charge on any atom is -0.486 e. The zero-order valence-electron chi connectivity index (χ0n) is 13.3. The second kappa shape index (κ2) is 5.80. The van der Waals surface area contributed by atoms with Crippen molar-refractivity contribution in [3.8, 4) is 11.5 Å². The smallest absolute Gasteiger partial charge is 0.232 e. The average Bonchev–Trinajstić information content (AvgIpc) is 2.54. The van der Waals surface area contributed by atoms with Crippen LogP contribution in [0.1, 0.15) is 32.3 Å². The largest absolute Gasteiger partial charge is 0.486 e. The maximum absolute atomic E-state index is 12.9. The van der Waals surface area contributed by atoms with E-state index in [1.54, 1.807) is 0 Å². The lowest BCUT2D eigenvalue weighted by atomic mass is 9.82. The highest BCUT2D eigenvalue weighted by Crippen LogP contribution is 2.36. The van der Waals surface area contributed by atoms with Crippen LogP contribution in [-0.4, -0.2) is 43.2 Å². The van der Waals surface area contributed by atoms with Crippen molar-refractivity contribution in [3.63, 3.8) is 0 Å². The van der Waals surface area contributed by atoms with Crippen molar-refractivity contribution >= 4 is 5.91 Å². The van der Waals surface area contributed by atoms with Crippen LogP contribution in [0.2, 0.25) is 0 Å². The first-order chi connectivity index (χ1) is 10.5.